The van der Waals surface area contributed by atoms with Crippen LogP contribution in [-0.2, 0) is 16.8 Å². The van der Waals surface area contributed by atoms with Crippen molar-refractivity contribution < 1.29 is 14.7 Å². The molecule has 3 rings (SSSR count). The van der Waals surface area contributed by atoms with Crippen molar-refractivity contribution >= 4 is 17.4 Å². The van der Waals surface area contributed by atoms with E-state index in [1.54, 1.807) is 30.3 Å². The van der Waals surface area contributed by atoms with Crippen molar-refractivity contribution in [1.29, 1.82) is 0 Å². The fourth-order valence-electron chi connectivity index (χ4n) is 3.37. The van der Waals surface area contributed by atoms with Gasteiger partial charge in [0.2, 0.25) is 0 Å². The van der Waals surface area contributed by atoms with E-state index >= 15 is 0 Å². The number of anilines is 1. The van der Waals surface area contributed by atoms with Crippen molar-refractivity contribution in [3.05, 3.63) is 77.4 Å². The molecule has 1 atom stereocenters. The van der Waals surface area contributed by atoms with Crippen LogP contribution in [0.3, 0.4) is 0 Å². The summed E-state index contributed by atoms with van der Waals surface area (Å²) in [6.45, 7) is 8.05. The Morgan fingerprint density at radius 3 is 2.42 bits per heavy atom. The molecule has 1 aliphatic heterocycles. The van der Waals surface area contributed by atoms with Crippen LogP contribution in [0.5, 0.6) is 0 Å². The summed E-state index contributed by atoms with van der Waals surface area (Å²) in [7, 11) is 0. The normalized spacial score (nSPS) is 18.7. The Labute approximate surface area is 153 Å². The quantitative estimate of drug-likeness (QED) is 0.640. The molecule has 2 aromatic carbocycles. The van der Waals surface area contributed by atoms with Crippen molar-refractivity contribution in [3.63, 3.8) is 0 Å². The Morgan fingerprint density at radius 2 is 1.81 bits per heavy atom. The molecular formula is C22H23NO3. The first kappa shape index (κ1) is 18.1. The average molecular weight is 349 g/mol. The number of Topliss-reactive ketones (excluding diaryl/α,β-unsaturated/α-hetero) is 1. The lowest BCUT2D eigenvalue weighted by Gasteiger charge is -2.23. The first-order valence-electron chi connectivity index (χ1n) is 8.77. The standard InChI is InChI=1S/C22H23NO3/c1-4-16-9-11-17(12-10-16)20(24)13-22(26)18-7-5-6-8-19(18)23(21(22)25)14-15(2)3/h5-12,26H,2,4,13-14H2,1,3H3/t22-/m0/s1. The number of amides is 1. The number of benzene rings is 2. The molecule has 26 heavy (non-hydrogen) atoms. The van der Waals surface area contributed by atoms with Gasteiger partial charge in [0.05, 0.1) is 12.1 Å². The lowest BCUT2D eigenvalue weighted by Crippen LogP contribution is -2.42. The third kappa shape index (κ3) is 3.08. The summed E-state index contributed by atoms with van der Waals surface area (Å²) in [6, 6.07) is 14.4. The van der Waals surface area contributed by atoms with Crippen molar-refractivity contribution in [1.82, 2.24) is 0 Å². The number of hydrogen-bond donors (Lipinski definition) is 1. The smallest absolute Gasteiger partial charge is 0.264 e. The molecule has 4 nitrogen and oxygen atoms in total. The molecule has 134 valence electrons. The van der Waals surface area contributed by atoms with Gasteiger partial charge in [0, 0.05) is 17.7 Å². The van der Waals surface area contributed by atoms with Crippen LogP contribution < -0.4 is 4.90 Å². The summed E-state index contributed by atoms with van der Waals surface area (Å²) >= 11 is 0. The highest BCUT2D eigenvalue weighted by atomic mass is 16.3. The summed E-state index contributed by atoms with van der Waals surface area (Å²) in [6.07, 6.45) is 0.612. The molecule has 1 aliphatic rings. The molecule has 0 fully saturated rings. The van der Waals surface area contributed by atoms with E-state index in [1.165, 1.54) is 4.90 Å². The Balaban J connectivity index is 1.93. The van der Waals surface area contributed by atoms with E-state index in [2.05, 4.69) is 6.58 Å². The number of ketones is 1. The summed E-state index contributed by atoms with van der Waals surface area (Å²) in [5.41, 5.74) is 1.71. The molecule has 0 spiro atoms. The molecular weight excluding hydrogens is 326 g/mol. The van der Waals surface area contributed by atoms with Gasteiger partial charge in [-0.05, 0) is 25.0 Å². The van der Waals surface area contributed by atoms with Crippen LogP contribution in [0.2, 0.25) is 0 Å². The van der Waals surface area contributed by atoms with Crippen LogP contribution in [-0.4, -0.2) is 23.3 Å². The van der Waals surface area contributed by atoms with E-state index in [9.17, 15) is 14.7 Å². The van der Waals surface area contributed by atoms with E-state index < -0.39 is 11.5 Å². The highest BCUT2D eigenvalue weighted by Gasteiger charge is 2.50. The van der Waals surface area contributed by atoms with Gasteiger partial charge in [-0.1, -0.05) is 61.5 Å². The number of para-hydroxylation sites is 1. The van der Waals surface area contributed by atoms with Gasteiger partial charge < -0.3 is 10.0 Å². The number of aryl methyl sites for hydroxylation is 1. The minimum atomic E-state index is -1.84. The van der Waals surface area contributed by atoms with Gasteiger partial charge in [-0.2, -0.15) is 0 Å². The van der Waals surface area contributed by atoms with Crippen LogP contribution >= 0.6 is 0 Å². The first-order chi connectivity index (χ1) is 12.4. The van der Waals surface area contributed by atoms with Crippen LogP contribution in [0.15, 0.2) is 60.7 Å². The number of aliphatic hydroxyl groups is 1. The third-order valence-corrected chi connectivity index (χ3v) is 4.77. The molecule has 4 heteroatoms. The second kappa shape index (κ2) is 6.89. The summed E-state index contributed by atoms with van der Waals surface area (Å²) in [5.74, 6) is -0.726. The molecule has 1 heterocycles. The zero-order valence-electron chi connectivity index (χ0n) is 15.2. The predicted octanol–water partition coefficient (Wildman–Crippen LogP) is 3.63. The van der Waals surface area contributed by atoms with Crippen LogP contribution in [0.1, 0.15) is 41.8 Å². The van der Waals surface area contributed by atoms with Gasteiger partial charge in [0.25, 0.3) is 5.91 Å². The largest absolute Gasteiger partial charge is 0.375 e. The zero-order valence-corrected chi connectivity index (χ0v) is 15.2. The second-order valence-electron chi connectivity index (χ2n) is 6.88. The maximum Gasteiger partial charge on any atom is 0.264 e. The van der Waals surface area contributed by atoms with Gasteiger partial charge in [-0.25, -0.2) is 0 Å². The highest BCUT2D eigenvalue weighted by Crippen LogP contribution is 2.43. The van der Waals surface area contributed by atoms with E-state index in [-0.39, 0.29) is 12.2 Å². The van der Waals surface area contributed by atoms with E-state index in [4.69, 9.17) is 0 Å². The maximum atomic E-state index is 13.0. The van der Waals surface area contributed by atoms with Gasteiger partial charge in [-0.15, -0.1) is 0 Å². The molecule has 0 aromatic heterocycles. The van der Waals surface area contributed by atoms with Crippen LogP contribution in [0.25, 0.3) is 0 Å². The van der Waals surface area contributed by atoms with E-state index in [1.807, 2.05) is 32.0 Å². The maximum absolute atomic E-state index is 13.0. The summed E-state index contributed by atoms with van der Waals surface area (Å²) < 4.78 is 0. The molecule has 0 bridgehead atoms. The Kier molecular flexibility index (Phi) is 4.79. The fraction of sp³-hybridized carbons (Fsp3) is 0.273. The van der Waals surface area contributed by atoms with Crippen molar-refractivity contribution in [2.75, 3.05) is 11.4 Å². The number of hydrogen-bond acceptors (Lipinski definition) is 3. The van der Waals surface area contributed by atoms with E-state index in [0.29, 0.717) is 23.4 Å². The van der Waals surface area contributed by atoms with E-state index in [0.717, 1.165) is 17.6 Å². The first-order valence-corrected chi connectivity index (χ1v) is 8.77. The predicted molar refractivity (Wildman–Crippen MR) is 102 cm³/mol. The van der Waals surface area contributed by atoms with Gasteiger partial charge in [0.15, 0.2) is 11.4 Å². The van der Waals surface area contributed by atoms with Gasteiger partial charge >= 0.3 is 0 Å². The lowest BCUT2D eigenvalue weighted by molar-refractivity contribution is -0.135. The number of nitrogens with zero attached hydrogens (tertiary/aromatic N) is 1. The molecule has 1 N–H and O–H groups in total. The number of carbonyl (C=O) groups is 2. The highest BCUT2D eigenvalue weighted by molar-refractivity contribution is 6.10. The van der Waals surface area contributed by atoms with Crippen LogP contribution in [0.4, 0.5) is 5.69 Å². The zero-order chi connectivity index (χ0) is 18.9. The minimum absolute atomic E-state index is 0.254. The summed E-state index contributed by atoms with van der Waals surface area (Å²) in [4.78, 5) is 27.2. The Hall–Kier alpha value is -2.72. The molecule has 1 amide bonds. The lowest BCUT2D eigenvalue weighted by atomic mass is 9.88. The minimum Gasteiger partial charge on any atom is -0.375 e. The van der Waals surface area contributed by atoms with Crippen molar-refractivity contribution in [2.45, 2.75) is 32.3 Å². The topological polar surface area (TPSA) is 57.6 Å². The van der Waals surface area contributed by atoms with Gasteiger partial charge in [-0.3, -0.25) is 9.59 Å². The second-order valence-corrected chi connectivity index (χ2v) is 6.88. The Bertz CT molecular complexity index is 869. The fourth-order valence-corrected chi connectivity index (χ4v) is 3.37. The molecule has 0 saturated heterocycles. The van der Waals surface area contributed by atoms with Crippen molar-refractivity contribution in [3.8, 4) is 0 Å². The SMILES string of the molecule is C=C(C)CN1C(=O)[C@](O)(CC(=O)c2ccc(CC)cc2)c2ccccc21. The Morgan fingerprint density at radius 1 is 1.15 bits per heavy atom. The molecule has 2 aromatic rings. The average Bonchev–Trinajstić information content (AvgIpc) is 2.84. The molecule has 0 saturated carbocycles. The molecule has 0 unspecified atom stereocenters. The molecule has 0 aliphatic carbocycles. The van der Waals surface area contributed by atoms with Crippen molar-refractivity contribution in [2.24, 2.45) is 0 Å². The monoisotopic (exact) mass is 349 g/mol. The van der Waals surface area contributed by atoms with Crippen LogP contribution in [0, 0.1) is 0 Å². The number of carbonyl (C=O) groups excluding carboxylic acids is 2. The number of fused-ring (bicyclic) bond motifs is 1. The summed E-state index contributed by atoms with van der Waals surface area (Å²) in [5, 5.41) is 11.2. The third-order valence-electron chi connectivity index (χ3n) is 4.77. The van der Waals surface area contributed by atoms with Gasteiger partial charge in [0.1, 0.15) is 0 Å². The number of rotatable bonds is 6. The molecule has 0 radical (unpaired) electrons.